The highest BCUT2D eigenvalue weighted by molar-refractivity contribution is 7.89. The van der Waals surface area contributed by atoms with Crippen molar-refractivity contribution in [2.24, 2.45) is 5.14 Å². The normalized spacial score (nSPS) is 13.8. The number of primary sulfonamides is 1. The molecule has 0 saturated heterocycles. The van der Waals surface area contributed by atoms with Crippen LogP contribution in [0.4, 0.5) is 8.78 Å². The molecule has 1 atom stereocenters. The Morgan fingerprint density at radius 1 is 1.00 bits per heavy atom. The van der Waals surface area contributed by atoms with Crippen molar-refractivity contribution in [3.63, 3.8) is 0 Å². The average Bonchev–Trinajstić information content (AvgIpc) is 2.54. The molecule has 0 saturated carbocycles. The van der Waals surface area contributed by atoms with Gasteiger partial charge >= 0.3 is 0 Å². The van der Waals surface area contributed by atoms with Crippen molar-refractivity contribution in [3.8, 4) is 0 Å². The largest absolute Gasteiger partial charge is 0.246 e. The fourth-order valence-corrected chi connectivity index (χ4v) is 4.12. The molecule has 0 heterocycles. The molecule has 0 aromatic heterocycles. The van der Waals surface area contributed by atoms with Crippen LogP contribution >= 0.6 is 0 Å². The van der Waals surface area contributed by atoms with Crippen LogP contribution in [-0.2, 0) is 20.0 Å². The third-order valence-electron chi connectivity index (χ3n) is 3.79. The molecule has 0 bridgehead atoms. The number of hydrogen-bond acceptors (Lipinski definition) is 4. The number of nitrogens with two attached hydrogens (primary N) is 1. The van der Waals surface area contributed by atoms with Gasteiger partial charge in [0.2, 0.25) is 20.0 Å². The Morgan fingerprint density at radius 2 is 1.56 bits per heavy atom. The minimum atomic E-state index is -4.30. The van der Waals surface area contributed by atoms with Crippen LogP contribution in [0.3, 0.4) is 0 Å². The van der Waals surface area contributed by atoms with Gasteiger partial charge in [0, 0.05) is 13.1 Å². The Kier molecular flexibility index (Phi) is 5.28. The summed E-state index contributed by atoms with van der Waals surface area (Å²) in [4.78, 5) is -0.895. The monoisotopic (exact) mass is 390 g/mol. The molecule has 0 aliphatic heterocycles. The van der Waals surface area contributed by atoms with Crippen LogP contribution in [0.2, 0.25) is 0 Å². The van der Waals surface area contributed by atoms with Crippen molar-refractivity contribution in [2.75, 3.05) is 7.05 Å². The van der Waals surface area contributed by atoms with Gasteiger partial charge in [-0.25, -0.2) is 30.8 Å². The van der Waals surface area contributed by atoms with Crippen molar-refractivity contribution in [1.29, 1.82) is 0 Å². The Labute approximate surface area is 145 Å². The van der Waals surface area contributed by atoms with Gasteiger partial charge in [-0.15, -0.1) is 0 Å². The fourth-order valence-electron chi connectivity index (χ4n) is 2.18. The van der Waals surface area contributed by atoms with E-state index in [-0.39, 0.29) is 4.90 Å². The van der Waals surface area contributed by atoms with E-state index < -0.39 is 42.6 Å². The number of sulfonamides is 2. The van der Waals surface area contributed by atoms with Gasteiger partial charge < -0.3 is 0 Å². The molecule has 6 nitrogen and oxygen atoms in total. The Hall–Kier alpha value is -1.88. The molecule has 0 fully saturated rings. The number of benzene rings is 2. The first-order valence-corrected chi connectivity index (χ1v) is 9.99. The maximum absolute atomic E-state index is 13.8. The lowest BCUT2D eigenvalue weighted by Gasteiger charge is -2.25. The molecule has 136 valence electrons. The van der Waals surface area contributed by atoms with E-state index in [1.165, 1.54) is 38.2 Å². The molecule has 2 aromatic carbocycles. The van der Waals surface area contributed by atoms with Crippen molar-refractivity contribution >= 4 is 20.0 Å². The summed E-state index contributed by atoms with van der Waals surface area (Å²) < 4.78 is 75.6. The lowest BCUT2D eigenvalue weighted by molar-refractivity contribution is 0.394. The van der Waals surface area contributed by atoms with E-state index >= 15 is 0 Å². The van der Waals surface area contributed by atoms with E-state index in [0.717, 1.165) is 16.4 Å². The highest BCUT2D eigenvalue weighted by Gasteiger charge is 2.29. The summed E-state index contributed by atoms with van der Waals surface area (Å²) in [6.45, 7) is 1.53. The maximum Gasteiger partial charge on any atom is 0.246 e. The molecule has 2 N–H and O–H groups in total. The van der Waals surface area contributed by atoms with Crippen molar-refractivity contribution in [1.82, 2.24) is 4.31 Å². The van der Waals surface area contributed by atoms with Crippen molar-refractivity contribution in [3.05, 3.63) is 59.7 Å². The summed E-state index contributed by atoms with van der Waals surface area (Å²) in [5, 5.41) is 5.01. The van der Waals surface area contributed by atoms with Crippen LogP contribution < -0.4 is 5.14 Å². The first kappa shape index (κ1) is 19.4. The SMILES string of the molecule is CC(c1ccc(S(N)(=O)=O)cc1)N(C)S(=O)(=O)c1cc(F)ccc1F. The third-order valence-corrected chi connectivity index (χ3v) is 6.66. The van der Waals surface area contributed by atoms with E-state index in [1.807, 2.05) is 0 Å². The molecule has 0 aliphatic rings. The summed E-state index contributed by atoms with van der Waals surface area (Å²) in [5.41, 5.74) is 0.454. The molecular weight excluding hydrogens is 374 g/mol. The first-order chi connectivity index (χ1) is 11.4. The van der Waals surface area contributed by atoms with Gasteiger partial charge in [-0.05, 0) is 42.8 Å². The van der Waals surface area contributed by atoms with E-state index in [0.29, 0.717) is 11.6 Å². The standard InChI is InChI=1S/C15H16F2N2O4S2/c1-10(11-3-6-13(7-4-11)24(18,20)21)19(2)25(22,23)15-9-12(16)5-8-14(15)17/h3-10H,1-2H3,(H2,18,20,21). The van der Waals surface area contributed by atoms with Gasteiger partial charge in [0.15, 0.2) is 0 Å². The zero-order valence-corrected chi connectivity index (χ0v) is 15.0. The summed E-state index contributed by atoms with van der Waals surface area (Å²) in [5.74, 6) is -1.94. The van der Waals surface area contributed by atoms with E-state index in [9.17, 15) is 25.6 Å². The predicted octanol–water partition coefficient (Wildman–Crippen LogP) is 1.99. The molecule has 0 radical (unpaired) electrons. The van der Waals surface area contributed by atoms with Gasteiger partial charge in [0.25, 0.3) is 0 Å². The number of halogens is 2. The molecular formula is C15H16F2N2O4S2. The van der Waals surface area contributed by atoms with Gasteiger partial charge in [-0.2, -0.15) is 4.31 Å². The molecule has 0 aliphatic carbocycles. The zero-order chi connectivity index (χ0) is 19.0. The molecule has 25 heavy (non-hydrogen) atoms. The molecule has 1 unspecified atom stereocenters. The van der Waals surface area contributed by atoms with Gasteiger partial charge in [-0.3, -0.25) is 0 Å². The quantitative estimate of drug-likeness (QED) is 0.844. The molecule has 2 aromatic rings. The summed E-state index contributed by atoms with van der Waals surface area (Å²) in [7, 11) is -6.95. The van der Waals surface area contributed by atoms with Gasteiger partial charge in [0.05, 0.1) is 4.90 Å². The molecule has 0 amide bonds. The Balaban J connectivity index is 2.38. The van der Waals surface area contributed by atoms with Crippen molar-refractivity contribution in [2.45, 2.75) is 22.8 Å². The second-order valence-electron chi connectivity index (χ2n) is 5.39. The highest BCUT2D eigenvalue weighted by atomic mass is 32.2. The van der Waals surface area contributed by atoms with Crippen molar-refractivity contribution < 1.29 is 25.6 Å². The third kappa shape index (κ3) is 4.03. The van der Waals surface area contributed by atoms with Crippen LogP contribution in [0.25, 0.3) is 0 Å². The average molecular weight is 390 g/mol. The second-order valence-corrected chi connectivity index (χ2v) is 8.91. The Morgan fingerprint density at radius 3 is 2.08 bits per heavy atom. The summed E-state index contributed by atoms with van der Waals surface area (Å²) >= 11 is 0. The van der Waals surface area contributed by atoms with E-state index in [2.05, 4.69) is 0 Å². The predicted molar refractivity (Wildman–Crippen MR) is 87.5 cm³/mol. The molecule has 0 spiro atoms. The second kappa shape index (κ2) is 6.79. The lowest BCUT2D eigenvalue weighted by Crippen LogP contribution is -2.30. The topological polar surface area (TPSA) is 97.5 Å². The van der Waals surface area contributed by atoms with E-state index in [4.69, 9.17) is 5.14 Å². The highest BCUT2D eigenvalue weighted by Crippen LogP contribution is 2.28. The van der Waals surface area contributed by atoms with E-state index in [1.54, 1.807) is 0 Å². The van der Waals surface area contributed by atoms with Crippen LogP contribution in [0.15, 0.2) is 52.3 Å². The maximum atomic E-state index is 13.8. The fraction of sp³-hybridized carbons (Fsp3) is 0.200. The number of rotatable bonds is 5. The summed E-state index contributed by atoms with van der Waals surface area (Å²) in [6.07, 6.45) is 0. The molecule has 10 heteroatoms. The van der Waals surface area contributed by atoms with Crippen LogP contribution in [-0.4, -0.2) is 28.2 Å². The molecule has 2 rings (SSSR count). The van der Waals surface area contributed by atoms with Gasteiger partial charge in [0.1, 0.15) is 16.5 Å². The van der Waals surface area contributed by atoms with Crippen LogP contribution in [0.1, 0.15) is 18.5 Å². The summed E-state index contributed by atoms with van der Waals surface area (Å²) in [6, 6.07) is 6.69. The van der Waals surface area contributed by atoms with Crippen LogP contribution in [0.5, 0.6) is 0 Å². The first-order valence-electron chi connectivity index (χ1n) is 7.00. The minimum Gasteiger partial charge on any atom is -0.225 e. The van der Waals surface area contributed by atoms with Crippen LogP contribution in [0, 0.1) is 11.6 Å². The zero-order valence-electron chi connectivity index (χ0n) is 13.3. The van der Waals surface area contributed by atoms with Gasteiger partial charge in [-0.1, -0.05) is 12.1 Å². The lowest BCUT2D eigenvalue weighted by atomic mass is 10.1. The minimum absolute atomic E-state index is 0.120. The Bertz CT molecular complexity index is 991. The smallest absolute Gasteiger partial charge is 0.225 e. The number of nitrogens with zero attached hydrogens (tertiary/aromatic N) is 1. The number of hydrogen-bond donors (Lipinski definition) is 1.